The molecule has 0 aliphatic heterocycles. The monoisotopic (exact) mass is 159 g/mol. The van der Waals surface area contributed by atoms with Gasteiger partial charge in [0, 0.05) is 0 Å². The summed E-state index contributed by atoms with van der Waals surface area (Å²) in [5.74, 6) is -4.94. The molecule has 4 heteroatoms. The van der Waals surface area contributed by atoms with Gasteiger partial charge >= 0.3 is 5.92 Å². The van der Waals surface area contributed by atoms with E-state index in [2.05, 4.69) is 6.58 Å². The van der Waals surface area contributed by atoms with E-state index in [1.165, 1.54) is 6.07 Å². The highest BCUT2D eigenvalue weighted by molar-refractivity contribution is 5.90. The molecule has 0 saturated heterocycles. The lowest BCUT2D eigenvalue weighted by Gasteiger charge is -2.11. The molecule has 11 heavy (non-hydrogen) atoms. The van der Waals surface area contributed by atoms with E-state index in [1.807, 2.05) is 0 Å². The van der Waals surface area contributed by atoms with Gasteiger partial charge in [0.05, 0.1) is 6.07 Å². The molecule has 0 spiro atoms. The third-order valence-corrected chi connectivity index (χ3v) is 1.13. The summed E-state index contributed by atoms with van der Waals surface area (Å²) in [6.45, 7) is 4.00. The molecule has 0 aromatic heterocycles. The minimum Gasteiger partial charge on any atom is -0.291 e. The van der Waals surface area contributed by atoms with E-state index in [4.69, 9.17) is 5.26 Å². The molecular formula is C7H7F2NO. The second kappa shape index (κ2) is 3.24. The van der Waals surface area contributed by atoms with Crippen molar-refractivity contribution in [3.8, 4) is 6.07 Å². The van der Waals surface area contributed by atoms with Gasteiger partial charge in [0.1, 0.15) is 6.42 Å². The van der Waals surface area contributed by atoms with Crippen molar-refractivity contribution in [3.63, 3.8) is 0 Å². The molecule has 0 unspecified atom stereocenters. The topological polar surface area (TPSA) is 40.9 Å². The second-order valence-electron chi connectivity index (χ2n) is 2.11. The van der Waals surface area contributed by atoms with Crippen LogP contribution in [0, 0.1) is 11.3 Å². The summed E-state index contributed by atoms with van der Waals surface area (Å²) in [7, 11) is 0. The van der Waals surface area contributed by atoms with Gasteiger partial charge in [-0.05, 0) is 12.5 Å². The molecule has 0 N–H and O–H groups in total. The summed E-state index contributed by atoms with van der Waals surface area (Å²) >= 11 is 0. The average molecular weight is 159 g/mol. The number of nitriles is 1. The molecule has 0 bridgehead atoms. The van der Waals surface area contributed by atoms with E-state index in [0.717, 1.165) is 6.92 Å². The van der Waals surface area contributed by atoms with Gasteiger partial charge in [-0.25, -0.2) is 0 Å². The predicted octanol–water partition coefficient (Wildman–Crippen LogP) is 1.68. The van der Waals surface area contributed by atoms with Crippen molar-refractivity contribution in [2.24, 2.45) is 0 Å². The Morgan fingerprint density at radius 3 is 2.45 bits per heavy atom. The number of alkyl halides is 2. The average Bonchev–Trinajstić information content (AvgIpc) is 1.88. The Balaban J connectivity index is 4.45. The third-order valence-electron chi connectivity index (χ3n) is 1.13. The lowest BCUT2D eigenvalue weighted by molar-refractivity contribution is -0.137. The number of hydrogen-bond acceptors (Lipinski definition) is 2. The Kier molecular flexibility index (Phi) is 2.87. The molecule has 0 radical (unpaired) electrons. The number of carbonyl (C=O) groups is 1. The Morgan fingerprint density at radius 1 is 1.73 bits per heavy atom. The molecule has 0 amide bonds. The van der Waals surface area contributed by atoms with E-state index in [0.29, 0.717) is 0 Å². The Labute approximate surface area is 63.1 Å². The summed E-state index contributed by atoms with van der Waals surface area (Å²) < 4.78 is 25.1. The standard InChI is InChI=1S/C7H7F2NO/c1-5(2)7(8,9)6(11)3-4-10/h1,3H2,2H3. The van der Waals surface area contributed by atoms with Crippen molar-refractivity contribution in [1.82, 2.24) is 0 Å². The summed E-state index contributed by atoms with van der Waals surface area (Å²) in [5.41, 5.74) is -0.530. The summed E-state index contributed by atoms with van der Waals surface area (Å²) in [6, 6.07) is 1.36. The van der Waals surface area contributed by atoms with Crippen molar-refractivity contribution in [3.05, 3.63) is 12.2 Å². The molecule has 60 valence electrons. The highest BCUT2D eigenvalue weighted by Crippen LogP contribution is 2.24. The first-order valence-corrected chi connectivity index (χ1v) is 2.87. The Hall–Kier alpha value is -1.24. The fraction of sp³-hybridized carbons (Fsp3) is 0.429. The maximum Gasteiger partial charge on any atom is 0.327 e. The van der Waals surface area contributed by atoms with E-state index < -0.39 is 23.7 Å². The van der Waals surface area contributed by atoms with E-state index >= 15 is 0 Å². The number of Topliss-reactive ketones (excluding diaryl/α,β-unsaturated/α-hetero) is 1. The number of halogens is 2. The summed E-state index contributed by atoms with van der Waals surface area (Å²) in [4.78, 5) is 10.5. The molecule has 0 aliphatic rings. The smallest absolute Gasteiger partial charge is 0.291 e. The highest BCUT2D eigenvalue weighted by Gasteiger charge is 2.38. The van der Waals surface area contributed by atoms with Crippen LogP contribution >= 0.6 is 0 Å². The first-order chi connectivity index (χ1) is 4.92. The molecule has 0 aromatic carbocycles. The molecular weight excluding hydrogens is 152 g/mol. The number of nitrogens with zero attached hydrogens (tertiary/aromatic N) is 1. The SMILES string of the molecule is C=C(C)C(F)(F)C(=O)CC#N. The highest BCUT2D eigenvalue weighted by atomic mass is 19.3. The number of hydrogen-bond donors (Lipinski definition) is 0. The van der Waals surface area contributed by atoms with Gasteiger partial charge in [0.15, 0.2) is 0 Å². The molecule has 0 atom stereocenters. The van der Waals surface area contributed by atoms with Crippen LogP contribution in [0.1, 0.15) is 13.3 Å². The van der Waals surface area contributed by atoms with Crippen molar-refractivity contribution >= 4 is 5.78 Å². The summed E-state index contributed by atoms with van der Waals surface area (Å²) in [5, 5.41) is 7.95. The van der Waals surface area contributed by atoms with Gasteiger partial charge < -0.3 is 0 Å². The van der Waals surface area contributed by atoms with Crippen LogP contribution < -0.4 is 0 Å². The zero-order chi connectivity index (χ0) is 9.07. The van der Waals surface area contributed by atoms with Gasteiger partial charge in [0.2, 0.25) is 5.78 Å². The Morgan fingerprint density at radius 2 is 2.18 bits per heavy atom. The van der Waals surface area contributed by atoms with Gasteiger partial charge in [-0.3, -0.25) is 4.79 Å². The third kappa shape index (κ3) is 2.11. The lowest BCUT2D eigenvalue weighted by atomic mass is 10.1. The largest absolute Gasteiger partial charge is 0.327 e. The van der Waals surface area contributed by atoms with Gasteiger partial charge in [0.25, 0.3) is 0 Å². The van der Waals surface area contributed by atoms with E-state index in [1.54, 1.807) is 0 Å². The second-order valence-corrected chi connectivity index (χ2v) is 2.11. The lowest BCUT2D eigenvalue weighted by Crippen LogP contribution is -2.28. The van der Waals surface area contributed by atoms with E-state index in [9.17, 15) is 13.6 Å². The zero-order valence-corrected chi connectivity index (χ0v) is 6.03. The molecule has 2 nitrogen and oxygen atoms in total. The molecule has 0 fully saturated rings. The fourth-order valence-electron chi connectivity index (χ4n) is 0.421. The molecule has 0 heterocycles. The molecule has 0 saturated carbocycles. The first-order valence-electron chi connectivity index (χ1n) is 2.87. The van der Waals surface area contributed by atoms with Crippen LogP contribution in [0.5, 0.6) is 0 Å². The van der Waals surface area contributed by atoms with Crippen molar-refractivity contribution in [1.29, 1.82) is 5.26 Å². The maximum absolute atomic E-state index is 12.5. The van der Waals surface area contributed by atoms with E-state index in [-0.39, 0.29) is 0 Å². The van der Waals surface area contributed by atoms with Crippen LogP contribution in [0.2, 0.25) is 0 Å². The minimum atomic E-state index is -3.55. The molecule has 0 rings (SSSR count). The number of ketones is 1. The van der Waals surface area contributed by atoms with Crippen LogP contribution in [-0.4, -0.2) is 11.7 Å². The van der Waals surface area contributed by atoms with Crippen molar-refractivity contribution < 1.29 is 13.6 Å². The first kappa shape index (κ1) is 9.76. The molecule has 0 aromatic rings. The fourth-order valence-corrected chi connectivity index (χ4v) is 0.421. The number of carbonyl (C=O) groups excluding carboxylic acids is 1. The van der Waals surface area contributed by atoms with Crippen LogP contribution in [-0.2, 0) is 4.79 Å². The van der Waals surface area contributed by atoms with Gasteiger partial charge in [-0.2, -0.15) is 14.0 Å². The normalized spacial score (nSPS) is 10.4. The van der Waals surface area contributed by atoms with Gasteiger partial charge in [-0.1, -0.05) is 6.58 Å². The van der Waals surface area contributed by atoms with Crippen LogP contribution in [0.25, 0.3) is 0 Å². The predicted molar refractivity (Wildman–Crippen MR) is 35.0 cm³/mol. The van der Waals surface area contributed by atoms with Crippen molar-refractivity contribution in [2.75, 3.05) is 0 Å². The molecule has 0 aliphatic carbocycles. The Bertz CT molecular complexity index is 227. The maximum atomic E-state index is 12.5. The number of rotatable bonds is 3. The minimum absolute atomic E-state index is 0.530. The van der Waals surface area contributed by atoms with Crippen molar-refractivity contribution in [2.45, 2.75) is 19.3 Å². The van der Waals surface area contributed by atoms with Crippen LogP contribution in [0.15, 0.2) is 12.2 Å². The van der Waals surface area contributed by atoms with Gasteiger partial charge in [-0.15, -0.1) is 0 Å². The summed E-state index contributed by atoms with van der Waals surface area (Å²) in [6.07, 6.45) is -0.778. The van der Waals surface area contributed by atoms with Crippen LogP contribution in [0.3, 0.4) is 0 Å². The quantitative estimate of drug-likeness (QED) is 0.588. The van der Waals surface area contributed by atoms with Crippen LogP contribution in [0.4, 0.5) is 8.78 Å². The number of allylic oxidation sites excluding steroid dienone is 1. The zero-order valence-electron chi connectivity index (χ0n) is 6.03.